The first-order chi connectivity index (χ1) is 8.59. The van der Waals surface area contributed by atoms with E-state index in [4.69, 9.17) is 0 Å². The van der Waals surface area contributed by atoms with Gasteiger partial charge in [0, 0.05) is 18.1 Å². The fraction of sp³-hybridized carbons (Fsp3) is 0.267. The number of benzene rings is 1. The number of aryl methyl sites for hydroxylation is 1. The molecule has 0 atom stereocenters. The van der Waals surface area contributed by atoms with Gasteiger partial charge in [-0.25, -0.2) is 0 Å². The molecule has 0 bridgehead atoms. The Bertz CT molecular complexity index is 542. The normalized spacial score (nSPS) is 10.7. The van der Waals surface area contributed by atoms with Crippen LogP contribution in [0.1, 0.15) is 41.3 Å². The molecule has 0 aliphatic carbocycles. The van der Waals surface area contributed by atoms with Gasteiger partial charge in [-0.1, -0.05) is 32.0 Å². The van der Waals surface area contributed by atoms with E-state index in [9.17, 15) is 4.79 Å². The highest BCUT2D eigenvalue weighted by Crippen LogP contribution is 2.27. The SMILES string of the molecule is Cc1cccc(C(C)C)c1NC(=O)c1cc[nH]c1. The molecule has 2 rings (SSSR count). The van der Waals surface area contributed by atoms with Crippen LogP contribution in [-0.4, -0.2) is 10.9 Å². The van der Waals surface area contributed by atoms with Crippen LogP contribution in [0.15, 0.2) is 36.7 Å². The van der Waals surface area contributed by atoms with Gasteiger partial charge in [0.1, 0.15) is 0 Å². The number of carbonyl (C=O) groups is 1. The summed E-state index contributed by atoms with van der Waals surface area (Å²) in [6, 6.07) is 7.86. The Morgan fingerprint density at radius 3 is 2.67 bits per heavy atom. The van der Waals surface area contributed by atoms with Crippen LogP contribution in [0.4, 0.5) is 5.69 Å². The largest absolute Gasteiger partial charge is 0.367 e. The summed E-state index contributed by atoms with van der Waals surface area (Å²) in [6.07, 6.45) is 3.44. The summed E-state index contributed by atoms with van der Waals surface area (Å²) in [7, 11) is 0. The lowest BCUT2D eigenvalue weighted by Gasteiger charge is -2.16. The minimum absolute atomic E-state index is 0.0764. The number of H-pyrrole nitrogens is 1. The molecule has 18 heavy (non-hydrogen) atoms. The number of nitrogens with one attached hydrogen (secondary N) is 2. The number of aromatic amines is 1. The van der Waals surface area contributed by atoms with Gasteiger partial charge in [0.05, 0.1) is 5.56 Å². The van der Waals surface area contributed by atoms with Crippen LogP contribution in [-0.2, 0) is 0 Å². The minimum Gasteiger partial charge on any atom is -0.367 e. The molecule has 94 valence electrons. The van der Waals surface area contributed by atoms with Crippen LogP contribution >= 0.6 is 0 Å². The summed E-state index contributed by atoms with van der Waals surface area (Å²) >= 11 is 0. The second kappa shape index (κ2) is 5.08. The average molecular weight is 242 g/mol. The Labute approximate surface area is 107 Å². The molecule has 0 saturated carbocycles. The first-order valence-corrected chi connectivity index (χ1v) is 6.13. The van der Waals surface area contributed by atoms with E-state index in [2.05, 4.69) is 30.2 Å². The highest BCUT2D eigenvalue weighted by molar-refractivity contribution is 6.05. The first-order valence-electron chi connectivity index (χ1n) is 6.13. The van der Waals surface area contributed by atoms with Gasteiger partial charge < -0.3 is 10.3 Å². The van der Waals surface area contributed by atoms with E-state index in [1.165, 1.54) is 5.56 Å². The zero-order valence-electron chi connectivity index (χ0n) is 10.9. The number of carbonyl (C=O) groups excluding carboxylic acids is 1. The molecule has 1 aromatic heterocycles. The van der Waals surface area contributed by atoms with Crippen molar-refractivity contribution in [1.29, 1.82) is 0 Å². The van der Waals surface area contributed by atoms with Gasteiger partial charge in [-0.15, -0.1) is 0 Å². The van der Waals surface area contributed by atoms with E-state index in [1.54, 1.807) is 18.5 Å². The Balaban J connectivity index is 2.31. The lowest BCUT2D eigenvalue weighted by molar-refractivity contribution is 0.102. The second-order valence-electron chi connectivity index (χ2n) is 4.75. The van der Waals surface area contributed by atoms with Crippen LogP contribution in [0.3, 0.4) is 0 Å². The molecule has 0 unspecified atom stereocenters. The monoisotopic (exact) mass is 242 g/mol. The van der Waals surface area contributed by atoms with Gasteiger partial charge in [-0.2, -0.15) is 0 Å². The maximum absolute atomic E-state index is 12.1. The second-order valence-corrected chi connectivity index (χ2v) is 4.75. The Morgan fingerprint density at radius 2 is 2.06 bits per heavy atom. The molecule has 0 radical (unpaired) electrons. The van der Waals surface area contributed by atoms with Crippen LogP contribution in [0.2, 0.25) is 0 Å². The molecule has 1 amide bonds. The lowest BCUT2D eigenvalue weighted by atomic mass is 9.98. The summed E-state index contributed by atoms with van der Waals surface area (Å²) < 4.78 is 0. The quantitative estimate of drug-likeness (QED) is 0.847. The van der Waals surface area contributed by atoms with Crippen molar-refractivity contribution in [2.24, 2.45) is 0 Å². The molecule has 0 aliphatic rings. The van der Waals surface area contributed by atoms with Crippen molar-refractivity contribution in [3.05, 3.63) is 53.3 Å². The number of para-hydroxylation sites is 1. The summed E-state index contributed by atoms with van der Waals surface area (Å²) in [4.78, 5) is 15.0. The van der Waals surface area contributed by atoms with E-state index in [-0.39, 0.29) is 5.91 Å². The highest BCUT2D eigenvalue weighted by atomic mass is 16.1. The fourth-order valence-electron chi connectivity index (χ4n) is 1.99. The van der Waals surface area contributed by atoms with Gasteiger partial charge in [0.2, 0.25) is 0 Å². The summed E-state index contributed by atoms with van der Waals surface area (Å²) in [5.41, 5.74) is 3.83. The molecular weight excluding hydrogens is 224 g/mol. The molecule has 0 saturated heterocycles. The van der Waals surface area contributed by atoms with Gasteiger partial charge in [-0.05, 0) is 30.0 Å². The van der Waals surface area contributed by atoms with Crippen molar-refractivity contribution in [2.45, 2.75) is 26.7 Å². The van der Waals surface area contributed by atoms with E-state index in [1.807, 2.05) is 19.1 Å². The Hall–Kier alpha value is -2.03. The third-order valence-corrected chi connectivity index (χ3v) is 3.03. The first kappa shape index (κ1) is 12.4. The van der Waals surface area contributed by atoms with Gasteiger partial charge in [-0.3, -0.25) is 4.79 Å². The highest BCUT2D eigenvalue weighted by Gasteiger charge is 2.13. The fourth-order valence-corrected chi connectivity index (χ4v) is 1.99. The minimum atomic E-state index is -0.0764. The summed E-state index contributed by atoms with van der Waals surface area (Å²) in [5.74, 6) is 0.305. The number of amides is 1. The zero-order valence-corrected chi connectivity index (χ0v) is 10.9. The predicted octanol–water partition coefficient (Wildman–Crippen LogP) is 3.70. The number of rotatable bonds is 3. The maximum Gasteiger partial charge on any atom is 0.257 e. The molecule has 0 spiro atoms. The molecule has 3 nitrogen and oxygen atoms in total. The topological polar surface area (TPSA) is 44.9 Å². The molecule has 1 aromatic carbocycles. The van der Waals surface area contributed by atoms with Gasteiger partial charge in [0.25, 0.3) is 5.91 Å². The lowest BCUT2D eigenvalue weighted by Crippen LogP contribution is -2.14. The van der Waals surface area contributed by atoms with E-state index in [0.717, 1.165) is 11.3 Å². The molecular formula is C15H18N2O. The van der Waals surface area contributed by atoms with Crippen molar-refractivity contribution >= 4 is 11.6 Å². The van der Waals surface area contributed by atoms with Gasteiger partial charge >= 0.3 is 0 Å². The smallest absolute Gasteiger partial charge is 0.257 e. The third-order valence-electron chi connectivity index (χ3n) is 3.03. The zero-order chi connectivity index (χ0) is 13.1. The summed E-state index contributed by atoms with van der Waals surface area (Å²) in [5, 5.41) is 3.00. The van der Waals surface area contributed by atoms with Crippen molar-refractivity contribution in [2.75, 3.05) is 5.32 Å². The Morgan fingerprint density at radius 1 is 1.28 bits per heavy atom. The van der Waals surface area contributed by atoms with Crippen LogP contribution in [0.5, 0.6) is 0 Å². The number of hydrogen-bond donors (Lipinski definition) is 2. The number of aromatic nitrogens is 1. The van der Waals surface area contributed by atoms with Crippen LogP contribution in [0, 0.1) is 6.92 Å². The van der Waals surface area contributed by atoms with Gasteiger partial charge in [0.15, 0.2) is 0 Å². The van der Waals surface area contributed by atoms with E-state index < -0.39 is 0 Å². The van der Waals surface area contributed by atoms with Crippen molar-refractivity contribution in [3.8, 4) is 0 Å². The number of hydrogen-bond acceptors (Lipinski definition) is 1. The maximum atomic E-state index is 12.1. The standard InChI is InChI=1S/C15H18N2O/c1-10(2)13-6-4-5-11(3)14(13)17-15(18)12-7-8-16-9-12/h4-10,16H,1-3H3,(H,17,18). The molecule has 0 aliphatic heterocycles. The summed E-state index contributed by atoms with van der Waals surface area (Å²) in [6.45, 7) is 6.26. The Kier molecular flexibility index (Phi) is 3.51. The van der Waals surface area contributed by atoms with Crippen molar-refractivity contribution in [3.63, 3.8) is 0 Å². The number of anilines is 1. The van der Waals surface area contributed by atoms with Crippen molar-refractivity contribution < 1.29 is 4.79 Å². The molecule has 1 heterocycles. The molecule has 2 N–H and O–H groups in total. The van der Waals surface area contributed by atoms with E-state index in [0.29, 0.717) is 11.5 Å². The van der Waals surface area contributed by atoms with Crippen LogP contribution < -0.4 is 5.32 Å². The van der Waals surface area contributed by atoms with E-state index >= 15 is 0 Å². The van der Waals surface area contributed by atoms with Crippen LogP contribution in [0.25, 0.3) is 0 Å². The molecule has 0 fully saturated rings. The molecule has 3 heteroatoms. The third kappa shape index (κ3) is 2.45. The predicted molar refractivity (Wildman–Crippen MR) is 74.0 cm³/mol. The average Bonchev–Trinajstić information content (AvgIpc) is 2.85. The molecule has 2 aromatic rings. The van der Waals surface area contributed by atoms with Crippen molar-refractivity contribution in [1.82, 2.24) is 4.98 Å².